The highest BCUT2D eigenvalue weighted by Crippen LogP contribution is 2.34. The number of rotatable bonds is 5. The van der Waals surface area contributed by atoms with Gasteiger partial charge in [0.15, 0.2) is 0 Å². The van der Waals surface area contributed by atoms with E-state index in [0.29, 0.717) is 23.9 Å². The van der Waals surface area contributed by atoms with E-state index in [-0.39, 0.29) is 10.7 Å². The smallest absolute Gasteiger partial charge is 0.271 e. The van der Waals surface area contributed by atoms with Crippen molar-refractivity contribution in [3.63, 3.8) is 0 Å². The molecule has 8 heteroatoms. The fourth-order valence-electron chi connectivity index (χ4n) is 1.81. The summed E-state index contributed by atoms with van der Waals surface area (Å²) in [5, 5.41) is 13.8. The molecule has 0 saturated carbocycles. The Kier molecular flexibility index (Phi) is 4.54. The molecule has 0 spiro atoms. The first-order chi connectivity index (χ1) is 10.1. The molecule has 2 aromatic rings. The first-order valence-electron chi connectivity index (χ1n) is 6.20. The van der Waals surface area contributed by atoms with Gasteiger partial charge in [0.1, 0.15) is 17.9 Å². The molecule has 0 atom stereocenters. The standard InChI is InChI=1S/C13H13ClN4O3/c1-3-9-12(15-2)16-7-17-13(9)21-11-5-4-8(18(19)20)6-10(11)14/h4-7H,3H2,1-2H3,(H,15,16,17). The molecule has 7 nitrogen and oxygen atoms in total. The van der Waals surface area contributed by atoms with Gasteiger partial charge >= 0.3 is 0 Å². The summed E-state index contributed by atoms with van der Waals surface area (Å²) in [6.45, 7) is 1.95. The zero-order chi connectivity index (χ0) is 15.4. The van der Waals surface area contributed by atoms with Gasteiger partial charge in [0.2, 0.25) is 5.88 Å². The van der Waals surface area contributed by atoms with Crippen molar-refractivity contribution in [2.75, 3.05) is 12.4 Å². The van der Waals surface area contributed by atoms with Crippen molar-refractivity contribution >= 4 is 23.1 Å². The van der Waals surface area contributed by atoms with E-state index in [0.717, 1.165) is 5.56 Å². The molecule has 0 fully saturated rings. The normalized spacial score (nSPS) is 10.2. The minimum Gasteiger partial charge on any atom is -0.437 e. The molecule has 0 radical (unpaired) electrons. The van der Waals surface area contributed by atoms with Gasteiger partial charge in [-0.1, -0.05) is 18.5 Å². The Labute approximate surface area is 126 Å². The largest absolute Gasteiger partial charge is 0.437 e. The van der Waals surface area contributed by atoms with E-state index in [4.69, 9.17) is 16.3 Å². The third kappa shape index (κ3) is 3.19. The van der Waals surface area contributed by atoms with Crippen molar-refractivity contribution in [3.8, 4) is 11.6 Å². The van der Waals surface area contributed by atoms with Crippen LogP contribution in [-0.4, -0.2) is 21.9 Å². The number of halogens is 1. The first-order valence-corrected chi connectivity index (χ1v) is 6.58. The monoisotopic (exact) mass is 308 g/mol. The van der Waals surface area contributed by atoms with E-state index in [1.807, 2.05) is 6.92 Å². The third-order valence-electron chi connectivity index (χ3n) is 2.83. The molecule has 0 saturated heterocycles. The molecular weight excluding hydrogens is 296 g/mol. The van der Waals surface area contributed by atoms with Crippen LogP contribution in [0.2, 0.25) is 5.02 Å². The van der Waals surface area contributed by atoms with Crippen LogP contribution in [0.1, 0.15) is 12.5 Å². The molecule has 0 aliphatic rings. The number of hydrogen-bond acceptors (Lipinski definition) is 6. The molecule has 0 bridgehead atoms. The van der Waals surface area contributed by atoms with Crippen LogP contribution in [0.4, 0.5) is 11.5 Å². The van der Waals surface area contributed by atoms with E-state index < -0.39 is 4.92 Å². The third-order valence-corrected chi connectivity index (χ3v) is 3.12. The number of anilines is 1. The Bertz CT molecular complexity index is 678. The highest BCUT2D eigenvalue weighted by atomic mass is 35.5. The Morgan fingerprint density at radius 3 is 2.76 bits per heavy atom. The van der Waals surface area contributed by atoms with E-state index in [1.165, 1.54) is 24.5 Å². The van der Waals surface area contributed by atoms with Crippen molar-refractivity contribution in [1.82, 2.24) is 9.97 Å². The second kappa shape index (κ2) is 6.36. The summed E-state index contributed by atoms with van der Waals surface area (Å²) < 4.78 is 5.66. The zero-order valence-corrected chi connectivity index (χ0v) is 12.2. The number of benzene rings is 1. The van der Waals surface area contributed by atoms with Crippen molar-refractivity contribution in [2.45, 2.75) is 13.3 Å². The van der Waals surface area contributed by atoms with Crippen molar-refractivity contribution in [1.29, 1.82) is 0 Å². The van der Waals surface area contributed by atoms with E-state index >= 15 is 0 Å². The van der Waals surface area contributed by atoms with E-state index in [9.17, 15) is 10.1 Å². The average molecular weight is 309 g/mol. The maximum absolute atomic E-state index is 10.7. The number of ether oxygens (including phenoxy) is 1. The second-order valence-corrected chi connectivity index (χ2v) is 4.49. The first kappa shape index (κ1) is 15.0. The molecule has 0 unspecified atom stereocenters. The Morgan fingerprint density at radius 1 is 1.43 bits per heavy atom. The Hall–Kier alpha value is -2.41. The number of aromatic nitrogens is 2. The second-order valence-electron chi connectivity index (χ2n) is 4.08. The fourth-order valence-corrected chi connectivity index (χ4v) is 2.02. The van der Waals surface area contributed by atoms with Crippen LogP contribution < -0.4 is 10.1 Å². The van der Waals surface area contributed by atoms with Gasteiger partial charge in [-0.25, -0.2) is 9.97 Å². The molecule has 1 aromatic carbocycles. The molecule has 0 aliphatic carbocycles. The van der Waals surface area contributed by atoms with E-state index in [2.05, 4.69) is 15.3 Å². The highest BCUT2D eigenvalue weighted by Gasteiger charge is 2.15. The summed E-state index contributed by atoms with van der Waals surface area (Å²) in [7, 11) is 1.75. The molecule has 1 heterocycles. The maximum atomic E-state index is 10.7. The van der Waals surface area contributed by atoms with Crippen molar-refractivity contribution < 1.29 is 9.66 Å². The SMILES string of the molecule is CCc1c(NC)ncnc1Oc1ccc([N+](=O)[O-])cc1Cl. The quantitative estimate of drug-likeness (QED) is 0.672. The predicted molar refractivity (Wildman–Crippen MR) is 79.1 cm³/mol. The van der Waals surface area contributed by atoms with Gasteiger partial charge in [-0.3, -0.25) is 10.1 Å². The van der Waals surface area contributed by atoms with Gasteiger partial charge in [-0.15, -0.1) is 0 Å². The molecule has 2 rings (SSSR count). The lowest BCUT2D eigenvalue weighted by Gasteiger charge is -2.12. The topological polar surface area (TPSA) is 90.2 Å². The number of nitro benzene ring substituents is 1. The van der Waals surface area contributed by atoms with Crippen LogP contribution in [-0.2, 0) is 6.42 Å². The lowest BCUT2D eigenvalue weighted by Crippen LogP contribution is -2.02. The molecule has 1 N–H and O–H groups in total. The molecule has 0 amide bonds. The van der Waals surface area contributed by atoms with E-state index in [1.54, 1.807) is 7.05 Å². The predicted octanol–water partition coefficient (Wildman–Crippen LogP) is 3.43. The van der Waals surface area contributed by atoms with Crippen molar-refractivity contribution in [3.05, 3.63) is 45.2 Å². The van der Waals surface area contributed by atoms with Crippen LogP contribution in [0.3, 0.4) is 0 Å². The fraction of sp³-hybridized carbons (Fsp3) is 0.231. The van der Waals surface area contributed by atoms with Gasteiger partial charge in [-0.05, 0) is 12.5 Å². The lowest BCUT2D eigenvalue weighted by atomic mass is 10.2. The number of nitro groups is 1. The highest BCUT2D eigenvalue weighted by molar-refractivity contribution is 6.32. The minimum absolute atomic E-state index is 0.0957. The number of nitrogens with zero attached hydrogens (tertiary/aromatic N) is 3. The van der Waals surface area contributed by atoms with Crippen LogP contribution in [0.25, 0.3) is 0 Å². The summed E-state index contributed by atoms with van der Waals surface area (Å²) in [4.78, 5) is 18.4. The van der Waals surface area contributed by atoms with Gasteiger partial charge in [0.05, 0.1) is 15.5 Å². The lowest BCUT2D eigenvalue weighted by molar-refractivity contribution is -0.384. The number of non-ortho nitro benzene ring substituents is 1. The Balaban J connectivity index is 2.36. The summed E-state index contributed by atoms with van der Waals surface area (Å²) in [5.41, 5.74) is 0.705. The van der Waals surface area contributed by atoms with Crippen LogP contribution >= 0.6 is 11.6 Å². The summed E-state index contributed by atoms with van der Waals surface area (Å²) in [5.74, 6) is 1.34. The van der Waals surface area contributed by atoms with Crippen LogP contribution in [0, 0.1) is 10.1 Å². The molecule has 110 valence electrons. The minimum atomic E-state index is -0.517. The van der Waals surface area contributed by atoms with Gasteiger partial charge in [-0.2, -0.15) is 0 Å². The Morgan fingerprint density at radius 2 is 2.19 bits per heavy atom. The average Bonchev–Trinajstić information content (AvgIpc) is 2.48. The van der Waals surface area contributed by atoms with Crippen LogP contribution in [0.15, 0.2) is 24.5 Å². The molecular formula is C13H13ClN4O3. The van der Waals surface area contributed by atoms with Gasteiger partial charge in [0.25, 0.3) is 5.69 Å². The molecule has 21 heavy (non-hydrogen) atoms. The van der Waals surface area contributed by atoms with Crippen molar-refractivity contribution in [2.24, 2.45) is 0 Å². The summed E-state index contributed by atoms with van der Waals surface area (Å²) in [6.07, 6.45) is 2.04. The molecule has 1 aromatic heterocycles. The summed E-state index contributed by atoms with van der Waals surface area (Å²) in [6, 6.07) is 4.01. The van der Waals surface area contributed by atoms with Gasteiger partial charge < -0.3 is 10.1 Å². The molecule has 0 aliphatic heterocycles. The van der Waals surface area contributed by atoms with Gasteiger partial charge in [0, 0.05) is 19.2 Å². The number of nitrogens with one attached hydrogen (secondary N) is 1. The van der Waals surface area contributed by atoms with Crippen LogP contribution in [0.5, 0.6) is 11.6 Å². The summed E-state index contributed by atoms with van der Waals surface area (Å²) >= 11 is 6.00. The maximum Gasteiger partial charge on any atom is 0.271 e. The number of hydrogen-bond donors (Lipinski definition) is 1. The zero-order valence-electron chi connectivity index (χ0n) is 11.5.